The van der Waals surface area contributed by atoms with E-state index < -0.39 is 0 Å². The first-order valence-electron chi connectivity index (χ1n) is 7.10. The summed E-state index contributed by atoms with van der Waals surface area (Å²) in [5, 5.41) is 7.84. The second-order valence-electron chi connectivity index (χ2n) is 4.65. The Labute approximate surface area is 133 Å². The lowest BCUT2D eigenvalue weighted by molar-refractivity contribution is 0.344. The van der Waals surface area contributed by atoms with Gasteiger partial charge in [0.2, 0.25) is 0 Å². The number of hydrogen-bond acceptors (Lipinski definition) is 4. The van der Waals surface area contributed by atoms with E-state index in [4.69, 9.17) is 9.68 Å². The monoisotopic (exact) mass is 305 g/mol. The molecular weight excluding hydrogens is 290 g/mol. The van der Waals surface area contributed by atoms with Gasteiger partial charge in [-0.05, 0) is 36.4 Å². The minimum absolute atomic E-state index is 0.688. The maximum absolute atomic E-state index is 5.25. The van der Waals surface area contributed by atoms with E-state index in [1.807, 2.05) is 72.8 Å². The molecule has 0 amide bonds. The summed E-state index contributed by atoms with van der Waals surface area (Å²) in [5.41, 5.74) is 1.61. The van der Waals surface area contributed by atoms with Gasteiger partial charge in [0.25, 0.3) is 0 Å². The molecule has 5 nitrogen and oxygen atoms in total. The van der Waals surface area contributed by atoms with Crippen LogP contribution >= 0.6 is 0 Å². The summed E-state index contributed by atoms with van der Waals surface area (Å²) in [4.78, 5) is 13.6. The quantitative estimate of drug-likeness (QED) is 0.555. The predicted octanol–water partition coefficient (Wildman–Crippen LogP) is 3.84. The van der Waals surface area contributed by atoms with Crippen molar-refractivity contribution in [3.8, 4) is 11.5 Å². The summed E-state index contributed by atoms with van der Waals surface area (Å²) in [6, 6.07) is 22.5. The van der Waals surface area contributed by atoms with Gasteiger partial charge in [0.15, 0.2) is 11.5 Å². The lowest BCUT2D eigenvalue weighted by Crippen LogP contribution is -1.89. The zero-order chi connectivity index (χ0) is 15.7. The molecule has 1 N–H and O–H groups in total. The minimum atomic E-state index is 0.688. The molecule has 0 saturated heterocycles. The Hall–Kier alpha value is -3.34. The standard InChI is InChI=1S/C18H15N3O2/c1-3-7-17(8-4-1)22-19-13-15-11-12-16(21-15)14-20-23-18-9-5-2-6-10-18/h1-14,21H. The van der Waals surface area contributed by atoms with E-state index in [1.54, 1.807) is 12.4 Å². The van der Waals surface area contributed by atoms with E-state index in [0.717, 1.165) is 11.4 Å². The third kappa shape index (κ3) is 4.57. The average Bonchev–Trinajstić information content (AvgIpc) is 3.05. The van der Waals surface area contributed by atoms with Gasteiger partial charge in [0, 0.05) is 0 Å². The van der Waals surface area contributed by atoms with Crippen molar-refractivity contribution in [2.45, 2.75) is 0 Å². The van der Waals surface area contributed by atoms with Crippen LogP contribution in [0.3, 0.4) is 0 Å². The molecule has 0 unspecified atom stereocenters. The molecule has 0 radical (unpaired) electrons. The van der Waals surface area contributed by atoms with E-state index in [1.165, 1.54) is 0 Å². The molecule has 0 atom stereocenters. The SMILES string of the molecule is C(=NOc1ccccc1)c1ccc(C=NOc2ccccc2)[nH]1. The van der Waals surface area contributed by atoms with Crippen LogP contribution in [0.4, 0.5) is 0 Å². The van der Waals surface area contributed by atoms with Crippen molar-refractivity contribution in [3.05, 3.63) is 84.2 Å². The summed E-state index contributed by atoms with van der Waals surface area (Å²) in [6.45, 7) is 0. The summed E-state index contributed by atoms with van der Waals surface area (Å²) in [6.07, 6.45) is 3.20. The highest BCUT2D eigenvalue weighted by Crippen LogP contribution is 2.09. The third-order valence-electron chi connectivity index (χ3n) is 2.92. The fourth-order valence-electron chi connectivity index (χ4n) is 1.83. The van der Waals surface area contributed by atoms with E-state index >= 15 is 0 Å². The second-order valence-corrected chi connectivity index (χ2v) is 4.65. The van der Waals surface area contributed by atoms with Crippen LogP contribution in [-0.4, -0.2) is 17.4 Å². The maximum Gasteiger partial charge on any atom is 0.157 e. The molecule has 114 valence electrons. The van der Waals surface area contributed by atoms with Crippen molar-refractivity contribution < 1.29 is 9.68 Å². The van der Waals surface area contributed by atoms with Crippen LogP contribution in [-0.2, 0) is 0 Å². The van der Waals surface area contributed by atoms with Gasteiger partial charge in [0.1, 0.15) is 0 Å². The van der Waals surface area contributed by atoms with E-state index in [2.05, 4.69) is 15.3 Å². The zero-order valence-electron chi connectivity index (χ0n) is 12.3. The number of aromatic nitrogens is 1. The van der Waals surface area contributed by atoms with Gasteiger partial charge >= 0.3 is 0 Å². The Morgan fingerprint density at radius 1 is 0.609 bits per heavy atom. The largest absolute Gasteiger partial charge is 0.357 e. The van der Waals surface area contributed by atoms with Crippen molar-refractivity contribution >= 4 is 12.4 Å². The molecule has 23 heavy (non-hydrogen) atoms. The van der Waals surface area contributed by atoms with Crippen molar-refractivity contribution in [3.63, 3.8) is 0 Å². The van der Waals surface area contributed by atoms with Crippen molar-refractivity contribution in [1.82, 2.24) is 4.98 Å². The molecule has 1 aromatic heterocycles. The van der Waals surface area contributed by atoms with E-state index in [9.17, 15) is 0 Å². The van der Waals surface area contributed by atoms with Crippen LogP contribution in [0.25, 0.3) is 0 Å². The number of H-pyrrole nitrogens is 1. The summed E-state index contributed by atoms with van der Waals surface area (Å²) in [5.74, 6) is 1.38. The maximum atomic E-state index is 5.25. The number of para-hydroxylation sites is 2. The van der Waals surface area contributed by atoms with Gasteiger partial charge in [-0.3, -0.25) is 0 Å². The van der Waals surface area contributed by atoms with Crippen LogP contribution < -0.4 is 9.68 Å². The number of nitrogens with one attached hydrogen (secondary N) is 1. The van der Waals surface area contributed by atoms with Crippen LogP contribution in [0.1, 0.15) is 11.4 Å². The van der Waals surface area contributed by atoms with Gasteiger partial charge in [-0.1, -0.05) is 46.7 Å². The van der Waals surface area contributed by atoms with E-state index in [0.29, 0.717) is 11.5 Å². The Kier molecular flexibility index (Phi) is 4.83. The highest BCUT2D eigenvalue weighted by Gasteiger charge is 1.95. The average molecular weight is 305 g/mol. The molecule has 3 aromatic rings. The van der Waals surface area contributed by atoms with Crippen LogP contribution in [0.2, 0.25) is 0 Å². The number of benzene rings is 2. The Morgan fingerprint density at radius 2 is 1.04 bits per heavy atom. The second kappa shape index (κ2) is 7.61. The Balaban J connectivity index is 1.53. The molecule has 3 rings (SSSR count). The molecule has 0 saturated carbocycles. The molecule has 0 bridgehead atoms. The first-order chi connectivity index (χ1) is 11.4. The lowest BCUT2D eigenvalue weighted by Gasteiger charge is -1.96. The molecule has 0 aliphatic rings. The normalized spacial score (nSPS) is 11.1. The predicted molar refractivity (Wildman–Crippen MR) is 90.1 cm³/mol. The van der Waals surface area contributed by atoms with Crippen molar-refractivity contribution in [2.24, 2.45) is 10.3 Å². The van der Waals surface area contributed by atoms with Gasteiger partial charge in [-0.25, -0.2) is 0 Å². The summed E-state index contributed by atoms with van der Waals surface area (Å²) < 4.78 is 0. The molecule has 1 heterocycles. The van der Waals surface area contributed by atoms with Crippen LogP contribution in [0.15, 0.2) is 83.1 Å². The topological polar surface area (TPSA) is 59.0 Å². The first kappa shape index (κ1) is 14.6. The fourth-order valence-corrected chi connectivity index (χ4v) is 1.83. The molecule has 0 spiro atoms. The Bertz CT molecular complexity index is 714. The van der Waals surface area contributed by atoms with Crippen molar-refractivity contribution in [2.75, 3.05) is 0 Å². The van der Waals surface area contributed by atoms with Gasteiger partial charge < -0.3 is 14.7 Å². The van der Waals surface area contributed by atoms with Crippen LogP contribution in [0.5, 0.6) is 11.5 Å². The third-order valence-corrected chi connectivity index (χ3v) is 2.92. The highest BCUT2D eigenvalue weighted by molar-refractivity contribution is 5.82. The number of aromatic amines is 1. The Morgan fingerprint density at radius 3 is 1.48 bits per heavy atom. The number of rotatable bonds is 6. The summed E-state index contributed by atoms with van der Waals surface area (Å²) >= 11 is 0. The van der Waals surface area contributed by atoms with E-state index in [-0.39, 0.29) is 0 Å². The zero-order valence-corrected chi connectivity index (χ0v) is 12.3. The highest BCUT2D eigenvalue weighted by atomic mass is 16.6. The minimum Gasteiger partial charge on any atom is -0.357 e. The number of oxime groups is 2. The molecule has 0 fully saturated rings. The van der Waals surface area contributed by atoms with Gasteiger partial charge in [0.05, 0.1) is 23.8 Å². The molecular formula is C18H15N3O2. The fraction of sp³-hybridized carbons (Fsp3) is 0. The smallest absolute Gasteiger partial charge is 0.157 e. The molecule has 2 aromatic carbocycles. The van der Waals surface area contributed by atoms with Gasteiger partial charge in [-0.2, -0.15) is 0 Å². The lowest BCUT2D eigenvalue weighted by atomic mass is 10.3. The van der Waals surface area contributed by atoms with Crippen molar-refractivity contribution in [1.29, 1.82) is 0 Å². The van der Waals surface area contributed by atoms with Gasteiger partial charge in [-0.15, -0.1) is 0 Å². The summed E-state index contributed by atoms with van der Waals surface area (Å²) in [7, 11) is 0. The molecule has 5 heteroatoms. The first-order valence-corrected chi connectivity index (χ1v) is 7.10. The van der Waals surface area contributed by atoms with Crippen LogP contribution in [0, 0.1) is 0 Å². The number of hydrogen-bond donors (Lipinski definition) is 1. The molecule has 0 aliphatic carbocycles. The molecule has 0 aliphatic heterocycles. The number of nitrogens with zero attached hydrogens (tertiary/aromatic N) is 2.